The average molecular weight is 205 g/mol. The second kappa shape index (κ2) is 4.79. The van der Waals surface area contributed by atoms with Crippen LogP contribution in [0.2, 0.25) is 0 Å². The molecule has 13 heavy (non-hydrogen) atoms. The number of carbonyl (C=O) groups excluding carboxylic acids is 1. The summed E-state index contributed by atoms with van der Waals surface area (Å²) < 4.78 is 21.4. The van der Waals surface area contributed by atoms with Crippen molar-refractivity contribution in [3.8, 4) is 6.07 Å². The number of nitrogens with two attached hydrogens (primary N) is 1. The van der Waals surface area contributed by atoms with Gasteiger partial charge in [-0.1, -0.05) is 0 Å². The zero-order chi connectivity index (χ0) is 10.5. The maximum atomic E-state index is 10.9. The molecule has 0 aromatic rings. The lowest BCUT2D eigenvalue weighted by atomic mass is 10.3. The molecule has 0 saturated heterocycles. The summed E-state index contributed by atoms with van der Waals surface area (Å²) in [5.41, 5.74) is 5.24. The topological polar surface area (TPSA) is 113 Å². The summed E-state index contributed by atoms with van der Waals surface area (Å²) in [7, 11) is -3.26. The summed E-state index contributed by atoms with van der Waals surface area (Å²) in [6, 6.07) is 0.571. The van der Waals surface area contributed by atoms with Crippen molar-refractivity contribution in [2.45, 2.75) is 6.04 Å². The van der Waals surface area contributed by atoms with Crippen LogP contribution in [0.1, 0.15) is 0 Å². The van der Waals surface area contributed by atoms with Crippen LogP contribution in [0.5, 0.6) is 0 Å². The quantitative estimate of drug-likeness (QED) is 0.515. The lowest BCUT2D eigenvalue weighted by Gasteiger charge is -2.08. The number of sulfone groups is 1. The fraction of sp³-hybridized carbons (Fsp3) is 0.667. The molecular formula is C6H11N3O3S. The molecule has 6 nitrogen and oxygen atoms in total. The SMILES string of the molecule is CS(=O)(=O)CC(N)C(=O)NCC#N. The first-order valence-electron chi connectivity index (χ1n) is 3.45. The van der Waals surface area contributed by atoms with Gasteiger partial charge in [0.15, 0.2) is 0 Å². The zero-order valence-corrected chi connectivity index (χ0v) is 7.97. The molecule has 1 amide bonds. The highest BCUT2D eigenvalue weighted by molar-refractivity contribution is 7.90. The van der Waals surface area contributed by atoms with Crippen LogP contribution in [0.3, 0.4) is 0 Å². The van der Waals surface area contributed by atoms with Crippen LogP contribution in [0, 0.1) is 11.3 Å². The first-order chi connectivity index (χ1) is 5.87. The molecule has 0 spiro atoms. The number of rotatable bonds is 4. The molecule has 7 heteroatoms. The number of carbonyl (C=O) groups is 1. The monoisotopic (exact) mass is 205 g/mol. The van der Waals surface area contributed by atoms with Gasteiger partial charge in [0.25, 0.3) is 0 Å². The maximum absolute atomic E-state index is 10.9. The predicted octanol–water partition coefficient (Wildman–Crippen LogP) is -2.00. The van der Waals surface area contributed by atoms with E-state index in [0.29, 0.717) is 0 Å². The summed E-state index contributed by atoms with van der Waals surface area (Å²) in [4.78, 5) is 10.9. The van der Waals surface area contributed by atoms with Crippen LogP contribution in [0.15, 0.2) is 0 Å². The highest BCUT2D eigenvalue weighted by Gasteiger charge is 2.17. The molecule has 0 aliphatic carbocycles. The number of hydrogen-bond acceptors (Lipinski definition) is 5. The summed E-state index contributed by atoms with van der Waals surface area (Å²) in [5.74, 6) is -1.04. The van der Waals surface area contributed by atoms with E-state index in [1.165, 1.54) is 0 Å². The van der Waals surface area contributed by atoms with Gasteiger partial charge in [0.05, 0.1) is 17.9 Å². The Balaban J connectivity index is 4.06. The summed E-state index contributed by atoms with van der Waals surface area (Å²) >= 11 is 0. The molecule has 1 unspecified atom stereocenters. The zero-order valence-electron chi connectivity index (χ0n) is 7.15. The first-order valence-corrected chi connectivity index (χ1v) is 5.51. The van der Waals surface area contributed by atoms with E-state index in [2.05, 4.69) is 5.32 Å². The standard InChI is InChI=1S/C6H11N3O3S/c1-13(11,12)4-5(8)6(10)9-3-2-7/h5H,3-4,8H2,1H3,(H,9,10). The Morgan fingerprint density at radius 2 is 2.23 bits per heavy atom. The van der Waals surface area contributed by atoms with E-state index in [0.717, 1.165) is 6.26 Å². The molecule has 74 valence electrons. The Kier molecular flexibility index (Phi) is 4.37. The molecule has 0 rings (SSSR count). The molecule has 0 bridgehead atoms. The van der Waals surface area contributed by atoms with Gasteiger partial charge in [0.2, 0.25) is 5.91 Å². The molecule has 0 aliphatic heterocycles. The van der Waals surface area contributed by atoms with Crippen LogP contribution in [0.4, 0.5) is 0 Å². The Morgan fingerprint density at radius 1 is 1.69 bits per heavy atom. The lowest BCUT2D eigenvalue weighted by molar-refractivity contribution is -0.121. The minimum atomic E-state index is -3.26. The van der Waals surface area contributed by atoms with Gasteiger partial charge in [-0.2, -0.15) is 5.26 Å². The predicted molar refractivity (Wildman–Crippen MR) is 46.3 cm³/mol. The number of nitriles is 1. The van der Waals surface area contributed by atoms with E-state index in [-0.39, 0.29) is 6.54 Å². The van der Waals surface area contributed by atoms with Gasteiger partial charge in [-0.25, -0.2) is 8.42 Å². The van der Waals surface area contributed by atoms with E-state index in [1.807, 2.05) is 0 Å². The Hall–Kier alpha value is -1.13. The number of hydrogen-bond donors (Lipinski definition) is 2. The molecule has 0 aliphatic rings. The van der Waals surface area contributed by atoms with Crippen molar-refractivity contribution in [1.29, 1.82) is 5.26 Å². The minimum absolute atomic E-state index is 0.170. The van der Waals surface area contributed by atoms with Crippen molar-refractivity contribution < 1.29 is 13.2 Å². The fourth-order valence-corrected chi connectivity index (χ4v) is 1.46. The van der Waals surface area contributed by atoms with Crippen molar-refractivity contribution in [2.24, 2.45) is 5.73 Å². The van der Waals surface area contributed by atoms with Gasteiger partial charge in [-0.3, -0.25) is 4.79 Å². The molecule has 0 saturated carbocycles. The van der Waals surface area contributed by atoms with E-state index >= 15 is 0 Å². The second-order valence-corrected chi connectivity index (χ2v) is 4.76. The average Bonchev–Trinajstić information content (AvgIpc) is 1.96. The minimum Gasteiger partial charge on any atom is -0.342 e. The van der Waals surface area contributed by atoms with E-state index in [4.69, 9.17) is 11.0 Å². The van der Waals surface area contributed by atoms with Crippen molar-refractivity contribution in [3.05, 3.63) is 0 Å². The van der Waals surface area contributed by atoms with Crippen molar-refractivity contribution in [1.82, 2.24) is 5.32 Å². The Morgan fingerprint density at radius 3 is 2.62 bits per heavy atom. The van der Waals surface area contributed by atoms with Gasteiger partial charge >= 0.3 is 0 Å². The van der Waals surface area contributed by atoms with Crippen LogP contribution in [0.25, 0.3) is 0 Å². The number of nitrogens with one attached hydrogen (secondary N) is 1. The molecule has 3 N–H and O–H groups in total. The van der Waals surface area contributed by atoms with Gasteiger partial charge in [0.1, 0.15) is 16.4 Å². The Bertz CT molecular complexity index is 317. The third-order valence-electron chi connectivity index (χ3n) is 1.16. The van der Waals surface area contributed by atoms with Crippen LogP contribution >= 0.6 is 0 Å². The van der Waals surface area contributed by atoms with E-state index in [9.17, 15) is 13.2 Å². The van der Waals surface area contributed by atoms with Crippen LogP contribution in [-0.2, 0) is 14.6 Å². The number of amides is 1. The first kappa shape index (κ1) is 11.9. The van der Waals surface area contributed by atoms with E-state index in [1.54, 1.807) is 6.07 Å². The van der Waals surface area contributed by atoms with E-state index < -0.39 is 27.5 Å². The fourth-order valence-electron chi connectivity index (χ4n) is 0.660. The third-order valence-corrected chi connectivity index (χ3v) is 2.13. The maximum Gasteiger partial charge on any atom is 0.238 e. The van der Waals surface area contributed by atoms with Crippen molar-refractivity contribution in [2.75, 3.05) is 18.6 Å². The smallest absolute Gasteiger partial charge is 0.238 e. The second-order valence-electron chi connectivity index (χ2n) is 2.57. The number of nitrogens with zero attached hydrogens (tertiary/aromatic N) is 1. The molecule has 0 heterocycles. The highest BCUT2D eigenvalue weighted by atomic mass is 32.2. The molecule has 0 radical (unpaired) electrons. The molecular weight excluding hydrogens is 194 g/mol. The lowest BCUT2D eigenvalue weighted by Crippen LogP contribution is -2.44. The third kappa shape index (κ3) is 6.07. The van der Waals surface area contributed by atoms with Gasteiger partial charge in [-0.15, -0.1) is 0 Å². The molecule has 0 aromatic heterocycles. The summed E-state index contributed by atoms with van der Waals surface area (Å²) in [5, 5.41) is 10.3. The van der Waals surface area contributed by atoms with Gasteiger partial charge in [-0.05, 0) is 0 Å². The van der Waals surface area contributed by atoms with Gasteiger partial charge < -0.3 is 11.1 Å². The normalized spacial score (nSPS) is 13.0. The Labute approximate surface area is 76.6 Å². The summed E-state index contributed by atoms with van der Waals surface area (Å²) in [6.07, 6.45) is 0.991. The molecule has 1 atom stereocenters. The molecule has 0 aromatic carbocycles. The highest BCUT2D eigenvalue weighted by Crippen LogP contribution is 1.87. The molecule has 0 fully saturated rings. The van der Waals surface area contributed by atoms with Crippen LogP contribution < -0.4 is 11.1 Å². The van der Waals surface area contributed by atoms with Crippen molar-refractivity contribution >= 4 is 15.7 Å². The van der Waals surface area contributed by atoms with Gasteiger partial charge in [0, 0.05) is 6.26 Å². The largest absolute Gasteiger partial charge is 0.342 e. The van der Waals surface area contributed by atoms with Crippen LogP contribution in [-0.4, -0.2) is 38.9 Å². The summed E-state index contributed by atoms with van der Waals surface area (Å²) in [6.45, 7) is -0.170. The van der Waals surface area contributed by atoms with Crippen molar-refractivity contribution in [3.63, 3.8) is 0 Å².